The molecule has 0 saturated carbocycles. The van der Waals surface area contributed by atoms with E-state index < -0.39 is 5.97 Å². The van der Waals surface area contributed by atoms with Crippen LogP contribution in [-0.4, -0.2) is 44.1 Å². The lowest BCUT2D eigenvalue weighted by Crippen LogP contribution is -2.36. The van der Waals surface area contributed by atoms with Gasteiger partial charge in [0.15, 0.2) is 18.1 Å². The molecule has 0 atom stereocenters. The summed E-state index contributed by atoms with van der Waals surface area (Å²) in [5.41, 5.74) is 2.89. The highest BCUT2D eigenvalue weighted by molar-refractivity contribution is 5.81. The first kappa shape index (κ1) is 23.9. The lowest BCUT2D eigenvalue weighted by molar-refractivity contribution is -0.151. The summed E-state index contributed by atoms with van der Waals surface area (Å²) in [6.45, 7) is 0.693. The highest BCUT2D eigenvalue weighted by Crippen LogP contribution is 2.27. The van der Waals surface area contributed by atoms with Crippen molar-refractivity contribution in [2.45, 2.75) is 19.4 Å². The fraction of sp³-hybridized carbons (Fsp3) is 0.259. The Kier molecular flexibility index (Phi) is 8.88. The van der Waals surface area contributed by atoms with Gasteiger partial charge in [-0.05, 0) is 35.2 Å². The van der Waals surface area contributed by atoms with Gasteiger partial charge in [-0.2, -0.15) is 0 Å². The molecule has 0 aliphatic carbocycles. The fourth-order valence-corrected chi connectivity index (χ4v) is 3.45. The van der Waals surface area contributed by atoms with Crippen molar-refractivity contribution in [2.24, 2.45) is 0 Å². The van der Waals surface area contributed by atoms with Gasteiger partial charge in [-0.1, -0.05) is 66.7 Å². The van der Waals surface area contributed by atoms with Crippen LogP contribution in [0.1, 0.15) is 16.7 Å². The Morgan fingerprint density at radius 2 is 1.39 bits per heavy atom. The topological polar surface area (TPSA) is 65.1 Å². The van der Waals surface area contributed by atoms with E-state index in [0.717, 1.165) is 23.1 Å². The van der Waals surface area contributed by atoms with Gasteiger partial charge in [0, 0.05) is 13.1 Å². The van der Waals surface area contributed by atoms with Crippen LogP contribution < -0.4 is 9.47 Å². The van der Waals surface area contributed by atoms with Gasteiger partial charge < -0.3 is 19.1 Å². The fourth-order valence-electron chi connectivity index (χ4n) is 3.45. The van der Waals surface area contributed by atoms with Crippen LogP contribution in [0.5, 0.6) is 11.5 Å². The van der Waals surface area contributed by atoms with Crippen molar-refractivity contribution < 1.29 is 23.8 Å². The number of esters is 1. The number of methoxy groups -OCH3 is 2. The van der Waals surface area contributed by atoms with Gasteiger partial charge in [0.25, 0.3) is 5.91 Å². The van der Waals surface area contributed by atoms with Crippen LogP contribution in [0.3, 0.4) is 0 Å². The highest BCUT2D eigenvalue weighted by Gasteiger charge is 2.17. The van der Waals surface area contributed by atoms with Crippen LogP contribution in [0.25, 0.3) is 0 Å². The number of ether oxygens (including phenoxy) is 3. The molecule has 3 aromatic carbocycles. The van der Waals surface area contributed by atoms with E-state index in [1.54, 1.807) is 30.2 Å². The summed E-state index contributed by atoms with van der Waals surface area (Å²) >= 11 is 0. The van der Waals surface area contributed by atoms with Crippen molar-refractivity contribution in [2.75, 3.05) is 27.4 Å². The summed E-state index contributed by atoms with van der Waals surface area (Å²) in [5, 5.41) is 0. The smallest absolute Gasteiger partial charge is 0.310 e. The number of hydrogen-bond acceptors (Lipinski definition) is 5. The number of benzene rings is 3. The molecule has 3 rings (SSSR count). The Hall–Kier alpha value is -3.80. The van der Waals surface area contributed by atoms with Crippen molar-refractivity contribution in [3.05, 3.63) is 95.6 Å². The minimum absolute atomic E-state index is 0.0380. The molecule has 0 unspecified atom stereocenters. The maximum absolute atomic E-state index is 12.9. The Bertz CT molecular complexity index is 1040. The average Bonchev–Trinajstić information content (AvgIpc) is 2.86. The van der Waals surface area contributed by atoms with E-state index in [-0.39, 0.29) is 18.9 Å². The molecule has 33 heavy (non-hydrogen) atoms. The predicted molar refractivity (Wildman–Crippen MR) is 126 cm³/mol. The normalized spacial score (nSPS) is 10.4. The van der Waals surface area contributed by atoms with Gasteiger partial charge in [-0.25, -0.2) is 0 Å². The maximum atomic E-state index is 12.9. The zero-order chi connectivity index (χ0) is 23.5. The molecule has 6 nitrogen and oxygen atoms in total. The van der Waals surface area contributed by atoms with E-state index in [1.165, 1.54) is 7.11 Å². The van der Waals surface area contributed by atoms with E-state index >= 15 is 0 Å². The second kappa shape index (κ2) is 12.3. The van der Waals surface area contributed by atoms with Crippen molar-refractivity contribution in [1.82, 2.24) is 4.90 Å². The molecule has 0 N–H and O–H groups in total. The third-order valence-electron chi connectivity index (χ3n) is 5.24. The Labute approximate surface area is 194 Å². The van der Waals surface area contributed by atoms with Crippen LogP contribution >= 0.6 is 0 Å². The molecule has 1 amide bonds. The highest BCUT2D eigenvalue weighted by atomic mass is 16.5. The van der Waals surface area contributed by atoms with Gasteiger partial charge in [0.05, 0.1) is 20.6 Å². The molecule has 0 spiro atoms. The molecule has 0 aliphatic rings. The average molecular weight is 448 g/mol. The number of rotatable bonds is 11. The molecule has 172 valence electrons. The first-order valence-corrected chi connectivity index (χ1v) is 10.8. The largest absolute Gasteiger partial charge is 0.493 e. The SMILES string of the molecule is COc1ccc(CC(=O)OCC(=O)N(CCc2ccccc2)Cc2ccccc2)cc1OC. The summed E-state index contributed by atoms with van der Waals surface area (Å²) in [6.07, 6.45) is 0.759. The third kappa shape index (κ3) is 7.38. The Morgan fingerprint density at radius 3 is 2.03 bits per heavy atom. The van der Waals surface area contributed by atoms with Crippen LogP contribution in [0.15, 0.2) is 78.9 Å². The van der Waals surface area contributed by atoms with Crippen molar-refractivity contribution >= 4 is 11.9 Å². The van der Waals surface area contributed by atoms with E-state index in [9.17, 15) is 9.59 Å². The molecular weight excluding hydrogens is 418 g/mol. The van der Waals surface area contributed by atoms with E-state index in [2.05, 4.69) is 0 Å². The van der Waals surface area contributed by atoms with Crippen LogP contribution in [0, 0.1) is 0 Å². The maximum Gasteiger partial charge on any atom is 0.310 e. The summed E-state index contributed by atoms with van der Waals surface area (Å²) in [4.78, 5) is 27.0. The van der Waals surface area contributed by atoms with E-state index in [4.69, 9.17) is 14.2 Å². The zero-order valence-electron chi connectivity index (χ0n) is 19.0. The van der Waals surface area contributed by atoms with Gasteiger partial charge in [0.2, 0.25) is 0 Å². The van der Waals surface area contributed by atoms with Crippen LogP contribution in [-0.2, 0) is 33.7 Å². The number of hydrogen-bond donors (Lipinski definition) is 0. The molecule has 0 aliphatic heterocycles. The quantitative estimate of drug-likeness (QED) is 0.415. The minimum atomic E-state index is -0.474. The number of carbonyl (C=O) groups is 2. The van der Waals surface area contributed by atoms with Gasteiger partial charge in [-0.3, -0.25) is 9.59 Å². The van der Waals surface area contributed by atoms with Crippen LogP contribution in [0.4, 0.5) is 0 Å². The summed E-state index contributed by atoms with van der Waals surface area (Å²) < 4.78 is 15.8. The Morgan fingerprint density at radius 1 is 0.758 bits per heavy atom. The van der Waals surface area contributed by atoms with Gasteiger partial charge >= 0.3 is 5.97 Å². The summed E-state index contributed by atoms with van der Waals surface area (Å²) in [6, 6.07) is 25.0. The molecule has 0 saturated heterocycles. The monoisotopic (exact) mass is 447 g/mol. The van der Waals surface area contributed by atoms with E-state index in [0.29, 0.717) is 24.6 Å². The lowest BCUT2D eigenvalue weighted by Gasteiger charge is -2.23. The van der Waals surface area contributed by atoms with Crippen LogP contribution in [0.2, 0.25) is 0 Å². The molecular formula is C27H29NO5. The molecule has 0 radical (unpaired) electrons. The van der Waals surface area contributed by atoms with Crippen molar-refractivity contribution in [1.29, 1.82) is 0 Å². The Balaban J connectivity index is 1.59. The van der Waals surface area contributed by atoms with Crippen molar-refractivity contribution in [3.8, 4) is 11.5 Å². The number of amides is 1. The number of nitrogens with zero attached hydrogens (tertiary/aromatic N) is 1. The molecule has 0 bridgehead atoms. The first-order valence-electron chi connectivity index (χ1n) is 10.8. The predicted octanol–water partition coefficient (Wildman–Crippen LogP) is 4.06. The molecule has 6 heteroatoms. The first-order chi connectivity index (χ1) is 16.1. The molecule has 0 aromatic heterocycles. The zero-order valence-corrected chi connectivity index (χ0v) is 19.0. The van der Waals surface area contributed by atoms with E-state index in [1.807, 2.05) is 60.7 Å². The van der Waals surface area contributed by atoms with Crippen molar-refractivity contribution in [3.63, 3.8) is 0 Å². The van der Waals surface area contributed by atoms with Gasteiger partial charge in [-0.15, -0.1) is 0 Å². The molecule has 0 fully saturated rings. The molecule has 0 heterocycles. The lowest BCUT2D eigenvalue weighted by atomic mass is 10.1. The minimum Gasteiger partial charge on any atom is -0.493 e. The van der Waals surface area contributed by atoms with Gasteiger partial charge in [0.1, 0.15) is 0 Å². The summed E-state index contributed by atoms with van der Waals surface area (Å²) in [5.74, 6) is 0.419. The standard InChI is InChI=1S/C27H29NO5/c1-31-24-14-13-23(17-25(24)32-2)18-27(30)33-20-26(29)28(19-22-11-7-4-8-12-22)16-15-21-9-5-3-6-10-21/h3-14,17H,15-16,18-20H2,1-2H3. The molecule has 3 aromatic rings. The number of carbonyl (C=O) groups excluding carboxylic acids is 2. The summed E-state index contributed by atoms with van der Waals surface area (Å²) in [7, 11) is 3.09. The second-order valence-electron chi connectivity index (χ2n) is 7.56. The second-order valence-corrected chi connectivity index (χ2v) is 7.56. The third-order valence-corrected chi connectivity index (χ3v) is 5.24.